The van der Waals surface area contributed by atoms with E-state index in [9.17, 15) is 68.3 Å². The summed E-state index contributed by atoms with van der Waals surface area (Å²) >= 11 is 0. The number of hydrogen-bond acceptors (Lipinski definition) is 15. The zero-order valence-electron chi connectivity index (χ0n) is 54.0. The standard InChI is InChI=1S/3C20H28F3N5O3/c3*1-19(2,3)31-18(30)27-7-6-13(14(10-27)12-4-5-12)16(29)26-8-9-28-15(11-26)24-25-17(28)20(21,22)23/h3*12-14H,4-11H2,1-3H3/t2*13-,14-;/m10./s1. The Morgan fingerprint density at radius 3 is 0.774 bits per heavy atom. The van der Waals surface area contributed by atoms with Crippen molar-refractivity contribution in [2.24, 2.45) is 53.3 Å². The minimum Gasteiger partial charge on any atom is -0.444 e. The molecule has 93 heavy (non-hydrogen) atoms. The monoisotopic (exact) mass is 1330 g/mol. The predicted octanol–water partition coefficient (Wildman–Crippen LogP) is 8.77. The van der Waals surface area contributed by atoms with Crippen LogP contribution < -0.4 is 0 Å². The summed E-state index contributed by atoms with van der Waals surface area (Å²) in [6, 6.07) is 0. The molecule has 0 bridgehead atoms. The Kier molecular flexibility index (Phi) is 19.2. The van der Waals surface area contributed by atoms with Crippen molar-refractivity contribution >= 4 is 36.0 Å². The molecule has 9 heterocycles. The van der Waals surface area contributed by atoms with Gasteiger partial charge in [-0.3, -0.25) is 14.4 Å². The summed E-state index contributed by atoms with van der Waals surface area (Å²) in [5.74, 6) is -2.23. The second-order valence-corrected chi connectivity index (χ2v) is 29.0. The third kappa shape index (κ3) is 16.6. The van der Waals surface area contributed by atoms with Gasteiger partial charge in [0.25, 0.3) is 0 Å². The fourth-order valence-corrected chi connectivity index (χ4v) is 13.7. The van der Waals surface area contributed by atoms with Crippen LogP contribution in [0.15, 0.2) is 0 Å². The molecule has 12 rings (SSSR count). The van der Waals surface area contributed by atoms with Crippen molar-refractivity contribution < 1.29 is 82.5 Å². The van der Waals surface area contributed by atoms with Crippen molar-refractivity contribution in [3.05, 3.63) is 34.9 Å². The minimum atomic E-state index is -4.57. The van der Waals surface area contributed by atoms with Gasteiger partial charge in [-0.05, 0) is 156 Å². The molecular formula is C60H84F9N15O9. The molecular weight excluding hydrogens is 1250 g/mol. The van der Waals surface area contributed by atoms with Gasteiger partial charge in [0.2, 0.25) is 35.2 Å². The summed E-state index contributed by atoms with van der Waals surface area (Å²) < 4.78 is 137. The summed E-state index contributed by atoms with van der Waals surface area (Å²) in [6.45, 7) is 19.8. The Morgan fingerprint density at radius 1 is 0.333 bits per heavy atom. The number of nitrogens with zero attached hydrogens (tertiary/aromatic N) is 15. The van der Waals surface area contributed by atoms with Crippen LogP contribution in [-0.2, 0) is 86.4 Å². The van der Waals surface area contributed by atoms with E-state index in [4.69, 9.17) is 14.2 Å². The lowest BCUT2D eigenvalue weighted by Crippen LogP contribution is -2.52. The van der Waals surface area contributed by atoms with Crippen LogP contribution in [0.1, 0.15) is 155 Å². The van der Waals surface area contributed by atoms with E-state index in [-0.39, 0.29) is 148 Å². The van der Waals surface area contributed by atoms with Gasteiger partial charge in [-0.1, -0.05) is 0 Å². The molecule has 516 valence electrons. The third-order valence-electron chi connectivity index (χ3n) is 18.5. The van der Waals surface area contributed by atoms with Crippen molar-refractivity contribution in [2.45, 2.75) is 195 Å². The van der Waals surface area contributed by atoms with Crippen LogP contribution in [-0.4, -0.2) is 185 Å². The highest BCUT2D eigenvalue weighted by molar-refractivity contribution is 5.81. The summed E-state index contributed by atoms with van der Waals surface area (Å²) in [6.07, 6.45) is -7.06. The van der Waals surface area contributed by atoms with Gasteiger partial charge in [0.1, 0.15) is 16.8 Å². The summed E-state index contributed by atoms with van der Waals surface area (Å²) in [7, 11) is 0. The summed E-state index contributed by atoms with van der Waals surface area (Å²) in [5, 5.41) is 20.8. The number of aromatic nitrogens is 9. The number of carbonyl (C=O) groups excluding carboxylic acids is 6. The third-order valence-corrected chi connectivity index (χ3v) is 18.5. The molecule has 6 fully saturated rings. The SMILES string of the molecule is CC(C)(C)OC(=O)N1CCC(C(=O)N2CCn3c(nnc3C(F)(F)F)C2)C(C2CC2)C1.CC(C)(C)OC(=O)N1CC[C@@H](C(=O)N2CCn3c(nnc3C(F)(F)F)C2)[C@@H](C2CC2)C1.CC(C)(C)OC(=O)N1CC[C@H](C(=O)N2CCn3c(nnc3C(F)(F)F)C2)[C@H](C2CC2)C1. The first-order valence-electron chi connectivity index (χ1n) is 32.1. The largest absolute Gasteiger partial charge is 0.451 e. The second-order valence-electron chi connectivity index (χ2n) is 29.0. The molecule has 9 aliphatic rings. The Bertz CT molecular complexity index is 2910. The Labute approximate surface area is 532 Å². The van der Waals surface area contributed by atoms with Gasteiger partial charge >= 0.3 is 36.8 Å². The molecule has 2 unspecified atom stereocenters. The molecule has 0 aromatic carbocycles. The molecule has 6 aliphatic heterocycles. The highest BCUT2D eigenvalue weighted by atomic mass is 19.4. The van der Waals surface area contributed by atoms with Crippen molar-refractivity contribution in [1.82, 2.24) is 73.7 Å². The first-order chi connectivity index (χ1) is 43.3. The molecule has 6 atom stereocenters. The Hall–Kier alpha value is -6.99. The highest BCUT2D eigenvalue weighted by Crippen LogP contribution is 2.48. The Morgan fingerprint density at radius 2 is 0.570 bits per heavy atom. The van der Waals surface area contributed by atoms with E-state index in [0.717, 1.165) is 52.2 Å². The highest BCUT2D eigenvalue weighted by Gasteiger charge is 2.51. The van der Waals surface area contributed by atoms with Crippen LogP contribution in [0, 0.1) is 53.3 Å². The van der Waals surface area contributed by atoms with Crippen LogP contribution in [0.2, 0.25) is 0 Å². The molecule has 3 saturated heterocycles. The second kappa shape index (κ2) is 26.0. The number of piperidine rings is 3. The topological polar surface area (TPSA) is 242 Å². The normalized spacial score (nSPS) is 24.7. The fraction of sp³-hybridized carbons (Fsp3) is 0.800. The smallest absolute Gasteiger partial charge is 0.444 e. The molecule has 3 saturated carbocycles. The number of alkyl halides is 9. The Balaban J connectivity index is 0.000000153. The number of halogens is 9. The van der Waals surface area contributed by atoms with Crippen molar-refractivity contribution in [3.63, 3.8) is 0 Å². The lowest BCUT2D eigenvalue weighted by molar-refractivity contribution is -0.150. The number of fused-ring (bicyclic) bond motifs is 3. The number of rotatable bonds is 6. The number of carbonyl (C=O) groups is 6. The quantitative estimate of drug-likeness (QED) is 0.165. The van der Waals surface area contributed by atoms with Crippen molar-refractivity contribution in [3.8, 4) is 0 Å². The number of amides is 6. The molecule has 0 spiro atoms. The first-order valence-corrected chi connectivity index (χ1v) is 32.1. The van der Waals surface area contributed by atoms with E-state index in [0.29, 0.717) is 76.3 Å². The average Bonchev–Trinajstić information content (AvgIpc) is 1.70. The summed E-state index contributed by atoms with van der Waals surface area (Å²) in [4.78, 5) is 87.3. The maximum absolute atomic E-state index is 13.3. The van der Waals surface area contributed by atoms with Crippen LogP contribution in [0.3, 0.4) is 0 Å². The zero-order chi connectivity index (χ0) is 67.7. The van der Waals surface area contributed by atoms with E-state index in [1.165, 1.54) is 0 Å². The molecule has 33 heteroatoms. The molecule has 0 N–H and O–H groups in total. The molecule has 0 radical (unpaired) electrons. The first kappa shape index (κ1) is 68.9. The van der Waals surface area contributed by atoms with Crippen molar-refractivity contribution in [2.75, 3.05) is 58.9 Å². The van der Waals surface area contributed by atoms with Gasteiger partial charge in [-0.15, -0.1) is 30.6 Å². The van der Waals surface area contributed by atoms with Crippen LogP contribution in [0.4, 0.5) is 53.9 Å². The van der Waals surface area contributed by atoms with Gasteiger partial charge in [-0.2, -0.15) is 39.5 Å². The minimum absolute atomic E-state index is 0.0194. The lowest BCUT2D eigenvalue weighted by atomic mass is 9.81. The van der Waals surface area contributed by atoms with Gasteiger partial charge in [0.05, 0.1) is 19.6 Å². The summed E-state index contributed by atoms with van der Waals surface area (Å²) in [5.41, 5.74) is -1.76. The predicted molar refractivity (Wildman–Crippen MR) is 308 cm³/mol. The van der Waals surface area contributed by atoms with Gasteiger partial charge < -0.3 is 57.3 Å². The van der Waals surface area contributed by atoms with Crippen LogP contribution in [0.25, 0.3) is 0 Å². The van der Waals surface area contributed by atoms with E-state index in [2.05, 4.69) is 30.6 Å². The van der Waals surface area contributed by atoms with E-state index in [1.807, 2.05) is 62.3 Å². The molecule has 24 nitrogen and oxygen atoms in total. The maximum atomic E-state index is 13.3. The van der Waals surface area contributed by atoms with Crippen LogP contribution in [0.5, 0.6) is 0 Å². The maximum Gasteiger partial charge on any atom is 0.451 e. The number of ether oxygens (including phenoxy) is 3. The van der Waals surface area contributed by atoms with Crippen molar-refractivity contribution in [1.29, 1.82) is 0 Å². The average molecular weight is 1330 g/mol. The van der Waals surface area contributed by atoms with Crippen LogP contribution >= 0.6 is 0 Å². The van der Waals surface area contributed by atoms with Gasteiger partial charge in [0, 0.05) is 96.3 Å². The van der Waals surface area contributed by atoms with Gasteiger partial charge in [0.15, 0.2) is 17.5 Å². The van der Waals surface area contributed by atoms with Gasteiger partial charge in [-0.25, -0.2) is 14.4 Å². The number of hydrogen-bond donors (Lipinski definition) is 0. The molecule has 3 aliphatic carbocycles. The fourth-order valence-electron chi connectivity index (χ4n) is 13.7. The molecule has 6 amide bonds. The lowest BCUT2D eigenvalue weighted by Gasteiger charge is -2.41. The zero-order valence-corrected chi connectivity index (χ0v) is 54.0. The number of likely N-dealkylation sites (tertiary alicyclic amines) is 3. The van der Waals surface area contributed by atoms with E-state index in [1.54, 1.807) is 29.4 Å². The van der Waals surface area contributed by atoms with E-state index < -0.39 is 52.8 Å². The van der Waals surface area contributed by atoms with E-state index >= 15 is 0 Å². The molecule has 3 aromatic heterocycles. The molecule has 3 aromatic rings.